The Kier molecular flexibility index (Phi) is 7.26. The Morgan fingerprint density at radius 3 is 2.35 bits per heavy atom. The Hall–Kier alpha value is -2.54. The van der Waals surface area contributed by atoms with Gasteiger partial charge in [0, 0.05) is 7.05 Å². The SMILES string of the molecule is CC[C@@H](NC(=O)[C@H](C)Oc1ccc(N(C)S(C)(=O)=O)cc1)c1ccc2c(c1)CCCC2. The monoisotopic (exact) mass is 444 g/mol. The highest BCUT2D eigenvalue weighted by Gasteiger charge is 2.21. The molecule has 3 rings (SSSR count). The molecule has 0 radical (unpaired) electrons. The molecule has 0 saturated heterocycles. The molecule has 2 aromatic carbocycles. The van der Waals surface area contributed by atoms with Crippen LogP contribution in [-0.2, 0) is 27.7 Å². The van der Waals surface area contributed by atoms with Crippen LogP contribution >= 0.6 is 0 Å². The first-order valence-corrected chi connectivity index (χ1v) is 12.7. The molecule has 168 valence electrons. The van der Waals surface area contributed by atoms with Crippen molar-refractivity contribution < 1.29 is 17.9 Å². The van der Waals surface area contributed by atoms with Crippen LogP contribution < -0.4 is 14.4 Å². The van der Waals surface area contributed by atoms with E-state index in [-0.39, 0.29) is 11.9 Å². The van der Waals surface area contributed by atoms with Gasteiger partial charge in [0.2, 0.25) is 10.0 Å². The van der Waals surface area contributed by atoms with Gasteiger partial charge in [0.25, 0.3) is 5.91 Å². The smallest absolute Gasteiger partial charge is 0.261 e. The summed E-state index contributed by atoms with van der Waals surface area (Å²) in [4.78, 5) is 12.8. The van der Waals surface area contributed by atoms with Crippen molar-refractivity contribution in [2.45, 2.75) is 58.1 Å². The number of hydrogen-bond acceptors (Lipinski definition) is 4. The number of benzene rings is 2. The lowest BCUT2D eigenvalue weighted by atomic mass is 9.89. The number of carbonyl (C=O) groups is 1. The van der Waals surface area contributed by atoms with Crippen molar-refractivity contribution in [1.82, 2.24) is 5.32 Å². The van der Waals surface area contributed by atoms with Gasteiger partial charge in [-0.2, -0.15) is 0 Å². The molecule has 0 bridgehead atoms. The Morgan fingerprint density at radius 1 is 1.10 bits per heavy atom. The molecule has 1 aliphatic rings. The molecule has 0 fully saturated rings. The van der Waals surface area contributed by atoms with E-state index < -0.39 is 16.1 Å². The van der Waals surface area contributed by atoms with Crippen molar-refractivity contribution in [3.05, 3.63) is 59.2 Å². The van der Waals surface area contributed by atoms with Gasteiger partial charge in [0.1, 0.15) is 5.75 Å². The summed E-state index contributed by atoms with van der Waals surface area (Å²) < 4.78 is 30.3. The number of ether oxygens (including phenoxy) is 1. The van der Waals surface area contributed by atoms with Gasteiger partial charge in [-0.05, 0) is 80.0 Å². The minimum atomic E-state index is -3.33. The van der Waals surface area contributed by atoms with Gasteiger partial charge in [-0.3, -0.25) is 9.10 Å². The first kappa shape index (κ1) is 23.1. The molecule has 0 heterocycles. The average Bonchev–Trinajstić information content (AvgIpc) is 2.76. The standard InChI is InChI=1S/C24H32N2O4S/c1-5-23(20-11-10-18-8-6-7-9-19(18)16-20)25-24(27)17(2)30-22-14-12-21(13-15-22)26(3)31(4,28)29/h10-17,23H,5-9H2,1-4H3,(H,25,27)/t17-,23+/m0/s1. The van der Waals surface area contributed by atoms with E-state index in [0.29, 0.717) is 11.4 Å². The molecule has 2 aromatic rings. The highest BCUT2D eigenvalue weighted by atomic mass is 32.2. The summed E-state index contributed by atoms with van der Waals surface area (Å²) in [5.74, 6) is 0.331. The second kappa shape index (κ2) is 9.73. The zero-order valence-corrected chi connectivity index (χ0v) is 19.5. The fraction of sp³-hybridized carbons (Fsp3) is 0.458. The maximum absolute atomic E-state index is 12.8. The zero-order valence-electron chi connectivity index (χ0n) is 18.7. The molecule has 7 heteroatoms. The van der Waals surface area contributed by atoms with Gasteiger partial charge in [0.05, 0.1) is 18.0 Å². The number of hydrogen-bond donors (Lipinski definition) is 1. The highest BCUT2D eigenvalue weighted by Crippen LogP contribution is 2.26. The van der Waals surface area contributed by atoms with E-state index in [9.17, 15) is 13.2 Å². The maximum Gasteiger partial charge on any atom is 0.261 e. The second-order valence-corrected chi connectivity index (χ2v) is 10.2. The van der Waals surface area contributed by atoms with E-state index >= 15 is 0 Å². The van der Waals surface area contributed by atoms with Crippen molar-refractivity contribution in [2.75, 3.05) is 17.6 Å². The predicted octanol–water partition coefficient (Wildman–Crippen LogP) is 4.00. The van der Waals surface area contributed by atoms with Gasteiger partial charge in [0.15, 0.2) is 6.10 Å². The van der Waals surface area contributed by atoms with Gasteiger partial charge in [-0.15, -0.1) is 0 Å². The van der Waals surface area contributed by atoms with E-state index in [1.807, 2.05) is 0 Å². The number of sulfonamides is 1. The summed E-state index contributed by atoms with van der Waals surface area (Å²) in [7, 11) is -1.83. The third-order valence-corrected chi connectivity index (χ3v) is 7.09. The van der Waals surface area contributed by atoms with Crippen molar-refractivity contribution >= 4 is 21.6 Å². The van der Waals surface area contributed by atoms with Crippen LogP contribution in [0.4, 0.5) is 5.69 Å². The van der Waals surface area contributed by atoms with Gasteiger partial charge in [-0.25, -0.2) is 8.42 Å². The highest BCUT2D eigenvalue weighted by molar-refractivity contribution is 7.92. The second-order valence-electron chi connectivity index (χ2n) is 8.19. The number of rotatable bonds is 8. The van der Waals surface area contributed by atoms with Gasteiger partial charge >= 0.3 is 0 Å². The topological polar surface area (TPSA) is 75.7 Å². The summed E-state index contributed by atoms with van der Waals surface area (Å²) in [6, 6.07) is 13.2. The van der Waals surface area contributed by atoms with Crippen LogP contribution in [0.2, 0.25) is 0 Å². The molecular formula is C24H32N2O4S. The average molecular weight is 445 g/mol. The number of nitrogens with zero attached hydrogens (tertiary/aromatic N) is 1. The molecule has 0 saturated carbocycles. The molecule has 0 unspecified atom stereocenters. The minimum absolute atomic E-state index is 0.0587. The van der Waals surface area contributed by atoms with Gasteiger partial charge in [-0.1, -0.05) is 25.1 Å². The van der Waals surface area contributed by atoms with Crippen LogP contribution in [0.15, 0.2) is 42.5 Å². The molecule has 1 amide bonds. The number of aryl methyl sites for hydroxylation is 2. The lowest BCUT2D eigenvalue weighted by molar-refractivity contribution is -0.128. The summed E-state index contributed by atoms with van der Waals surface area (Å²) >= 11 is 0. The lowest BCUT2D eigenvalue weighted by Gasteiger charge is -2.23. The molecule has 2 atom stereocenters. The van der Waals surface area contributed by atoms with Crippen LogP contribution in [0, 0.1) is 0 Å². The van der Waals surface area contributed by atoms with E-state index in [2.05, 4.69) is 30.4 Å². The molecule has 1 aliphatic carbocycles. The molecule has 0 aromatic heterocycles. The summed E-state index contributed by atoms with van der Waals surface area (Å²) in [5.41, 5.74) is 4.50. The van der Waals surface area contributed by atoms with Crippen molar-refractivity contribution in [2.24, 2.45) is 0 Å². The molecule has 31 heavy (non-hydrogen) atoms. The third-order valence-electron chi connectivity index (χ3n) is 5.88. The number of anilines is 1. The molecule has 1 N–H and O–H groups in total. The normalized spacial score (nSPS) is 15.5. The quantitative estimate of drug-likeness (QED) is 0.668. The Labute approximate surface area is 185 Å². The first-order chi connectivity index (χ1) is 14.7. The number of nitrogens with one attached hydrogen (secondary N) is 1. The van der Waals surface area contributed by atoms with Crippen molar-refractivity contribution in [1.29, 1.82) is 0 Å². The third kappa shape index (κ3) is 5.79. The fourth-order valence-electron chi connectivity index (χ4n) is 3.86. The number of carbonyl (C=O) groups excluding carboxylic acids is 1. The molecule has 6 nitrogen and oxygen atoms in total. The fourth-order valence-corrected chi connectivity index (χ4v) is 4.37. The molecule has 0 aliphatic heterocycles. The largest absolute Gasteiger partial charge is 0.481 e. The Bertz CT molecular complexity index is 1020. The predicted molar refractivity (Wildman–Crippen MR) is 124 cm³/mol. The van der Waals surface area contributed by atoms with Crippen LogP contribution in [0.3, 0.4) is 0 Å². The summed E-state index contributed by atoms with van der Waals surface area (Å²) in [6.45, 7) is 3.78. The van der Waals surface area contributed by atoms with Crippen molar-refractivity contribution in [3.63, 3.8) is 0 Å². The van der Waals surface area contributed by atoms with E-state index in [4.69, 9.17) is 4.74 Å². The van der Waals surface area contributed by atoms with E-state index in [1.54, 1.807) is 31.2 Å². The van der Waals surface area contributed by atoms with Crippen LogP contribution in [-0.4, -0.2) is 33.7 Å². The Balaban J connectivity index is 1.63. The minimum Gasteiger partial charge on any atom is -0.481 e. The van der Waals surface area contributed by atoms with Crippen LogP contribution in [0.1, 0.15) is 55.8 Å². The van der Waals surface area contributed by atoms with Crippen LogP contribution in [0.25, 0.3) is 0 Å². The maximum atomic E-state index is 12.8. The summed E-state index contributed by atoms with van der Waals surface area (Å²) in [5, 5.41) is 3.11. The van der Waals surface area contributed by atoms with E-state index in [1.165, 1.54) is 35.3 Å². The summed E-state index contributed by atoms with van der Waals surface area (Å²) in [6.07, 6.45) is 6.00. The lowest BCUT2D eigenvalue weighted by Crippen LogP contribution is -2.38. The van der Waals surface area contributed by atoms with Crippen molar-refractivity contribution in [3.8, 4) is 5.75 Å². The first-order valence-electron chi connectivity index (χ1n) is 10.8. The zero-order chi connectivity index (χ0) is 22.6. The van der Waals surface area contributed by atoms with E-state index in [0.717, 1.165) is 31.1 Å². The Morgan fingerprint density at radius 2 is 1.74 bits per heavy atom. The van der Waals surface area contributed by atoms with Crippen LogP contribution in [0.5, 0.6) is 5.75 Å². The number of fused-ring (bicyclic) bond motifs is 1. The van der Waals surface area contributed by atoms with Gasteiger partial charge < -0.3 is 10.1 Å². The number of amides is 1. The molecular weight excluding hydrogens is 412 g/mol. The molecule has 0 spiro atoms.